The van der Waals surface area contributed by atoms with Crippen molar-refractivity contribution in [2.45, 2.75) is 13.8 Å². The summed E-state index contributed by atoms with van der Waals surface area (Å²) < 4.78 is 0. The molecular weight excluding hydrogens is 208 g/mol. The summed E-state index contributed by atoms with van der Waals surface area (Å²) in [7, 11) is 0. The van der Waals surface area contributed by atoms with Crippen LogP contribution in [-0.4, -0.2) is 6.54 Å². The lowest BCUT2D eigenvalue weighted by Crippen LogP contribution is -2.18. The van der Waals surface area contributed by atoms with Crippen LogP contribution in [0.25, 0.3) is 0 Å². The van der Waals surface area contributed by atoms with Gasteiger partial charge in [-0.1, -0.05) is 30.3 Å². The third-order valence-electron chi connectivity index (χ3n) is 2.92. The molecule has 2 aromatic rings. The van der Waals surface area contributed by atoms with Gasteiger partial charge in [-0.05, 0) is 37.6 Å². The first-order valence-electron chi connectivity index (χ1n) is 5.91. The smallest absolute Gasteiger partial charge is 0.0673 e. The third kappa shape index (κ3) is 2.26. The molecular formula is C15H18N2. The van der Waals surface area contributed by atoms with Crippen LogP contribution in [0, 0.1) is 6.92 Å². The fourth-order valence-electron chi connectivity index (χ4n) is 2.13. The summed E-state index contributed by atoms with van der Waals surface area (Å²) in [4.78, 5) is 2.24. The molecule has 2 rings (SSSR count). The minimum absolute atomic E-state index is 0.829. The van der Waals surface area contributed by atoms with Crippen LogP contribution in [0.2, 0.25) is 0 Å². The number of anilines is 3. The molecule has 2 nitrogen and oxygen atoms in total. The van der Waals surface area contributed by atoms with Crippen molar-refractivity contribution in [2.75, 3.05) is 17.2 Å². The minimum atomic E-state index is 0.829. The van der Waals surface area contributed by atoms with Crippen LogP contribution >= 0.6 is 0 Å². The van der Waals surface area contributed by atoms with Gasteiger partial charge in [0.05, 0.1) is 11.4 Å². The van der Waals surface area contributed by atoms with E-state index in [-0.39, 0.29) is 0 Å². The van der Waals surface area contributed by atoms with E-state index in [1.165, 1.54) is 11.3 Å². The van der Waals surface area contributed by atoms with E-state index in [1.807, 2.05) is 30.3 Å². The number of para-hydroxylation sites is 2. The van der Waals surface area contributed by atoms with E-state index in [1.54, 1.807) is 0 Å². The molecule has 0 aliphatic rings. The van der Waals surface area contributed by atoms with Crippen molar-refractivity contribution in [3.05, 3.63) is 54.1 Å². The summed E-state index contributed by atoms with van der Waals surface area (Å²) in [6.45, 7) is 5.13. The average molecular weight is 226 g/mol. The van der Waals surface area contributed by atoms with Gasteiger partial charge in [-0.25, -0.2) is 0 Å². The van der Waals surface area contributed by atoms with Crippen LogP contribution in [0.15, 0.2) is 48.5 Å². The van der Waals surface area contributed by atoms with E-state index >= 15 is 0 Å². The standard InChI is InChI=1S/C15H18N2/c1-3-17(13-9-5-4-6-10-13)15-12(2)8-7-11-14(15)16/h4-11H,3,16H2,1-2H3. The Morgan fingerprint density at radius 3 is 2.29 bits per heavy atom. The van der Waals surface area contributed by atoms with Crippen molar-refractivity contribution < 1.29 is 0 Å². The van der Waals surface area contributed by atoms with E-state index in [9.17, 15) is 0 Å². The summed E-state index contributed by atoms with van der Waals surface area (Å²) in [6.07, 6.45) is 0. The summed E-state index contributed by atoms with van der Waals surface area (Å²) in [5.41, 5.74) is 10.4. The number of nitrogens with two attached hydrogens (primary N) is 1. The van der Waals surface area contributed by atoms with Crippen LogP contribution in [0.1, 0.15) is 12.5 Å². The number of hydrogen-bond donors (Lipinski definition) is 1. The lowest BCUT2D eigenvalue weighted by molar-refractivity contribution is 1.02. The Morgan fingerprint density at radius 2 is 1.71 bits per heavy atom. The Bertz CT molecular complexity index is 471. The van der Waals surface area contributed by atoms with Gasteiger partial charge in [0.1, 0.15) is 0 Å². The fraction of sp³-hybridized carbons (Fsp3) is 0.200. The van der Waals surface area contributed by atoms with Crippen molar-refractivity contribution in [1.29, 1.82) is 0 Å². The zero-order valence-electron chi connectivity index (χ0n) is 10.4. The second-order valence-electron chi connectivity index (χ2n) is 4.09. The van der Waals surface area contributed by atoms with Crippen LogP contribution < -0.4 is 10.6 Å². The molecule has 0 atom stereocenters. The summed E-state index contributed by atoms with van der Waals surface area (Å²) in [5.74, 6) is 0. The largest absolute Gasteiger partial charge is 0.397 e. The second kappa shape index (κ2) is 4.91. The van der Waals surface area contributed by atoms with Crippen molar-refractivity contribution in [3.8, 4) is 0 Å². The van der Waals surface area contributed by atoms with Gasteiger partial charge < -0.3 is 10.6 Å². The normalized spacial score (nSPS) is 10.2. The highest BCUT2D eigenvalue weighted by Gasteiger charge is 2.12. The molecule has 0 aliphatic carbocycles. The van der Waals surface area contributed by atoms with E-state index in [2.05, 4.69) is 36.9 Å². The number of rotatable bonds is 3. The Kier molecular flexibility index (Phi) is 3.33. The molecule has 2 heteroatoms. The van der Waals surface area contributed by atoms with Gasteiger partial charge in [0.2, 0.25) is 0 Å². The van der Waals surface area contributed by atoms with E-state index in [0.29, 0.717) is 0 Å². The zero-order valence-corrected chi connectivity index (χ0v) is 10.4. The average Bonchev–Trinajstić information content (AvgIpc) is 2.35. The summed E-state index contributed by atoms with van der Waals surface area (Å²) >= 11 is 0. The van der Waals surface area contributed by atoms with Crippen LogP contribution in [0.5, 0.6) is 0 Å². The molecule has 0 bridgehead atoms. The maximum absolute atomic E-state index is 6.09. The Balaban J connectivity index is 2.50. The highest BCUT2D eigenvalue weighted by molar-refractivity contribution is 5.77. The lowest BCUT2D eigenvalue weighted by atomic mass is 10.1. The van der Waals surface area contributed by atoms with Gasteiger partial charge in [0.15, 0.2) is 0 Å². The second-order valence-corrected chi connectivity index (χ2v) is 4.09. The molecule has 2 N–H and O–H groups in total. The highest BCUT2D eigenvalue weighted by Crippen LogP contribution is 2.32. The SMILES string of the molecule is CCN(c1ccccc1)c1c(C)cccc1N. The van der Waals surface area contributed by atoms with Crippen LogP contribution in [0.4, 0.5) is 17.1 Å². The zero-order chi connectivity index (χ0) is 12.3. The van der Waals surface area contributed by atoms with E-state index in [0.717, 1.165) is 17.9 Å². The molecule has 88 valence electrons. The molecule has 0 aliphatic heterocycles. The van der Waals surface area contributed by atoms with Gasteiger partial charge in [-0.2, -0.15) is 0 Å². The maximum Gasteiger partial charge on any atom is 0.0673 e. The minimum Gasteiger partial charge on any atom is -0.397 e. The molecule has 17 heavy (non-hydrogen) atoms. The van der Waals surface area contributed by atoms with Gasteiger partial charge in [-0.3, -0.25) is 0 Å². The van der Waals surface area contributed by atoms with Gasteiger partial charge in [0, 0.05) is 12.2 Å². The highest BCUT2D eigenvalue weighted by atomic mass is 15.1. The Labute approximate surface area is 103 Å². The van der Waals surface area contributed by atoms with Crippen LogP contribution in [0.3, 0.4) is 0 Å². The third-order valence-corrected chi connectivity index (χ3v) is 2.92. The molecule has 0 amide bonds. The molecule has 0 unspecified atom stereocenters. The van der Waals surface area contributed by atoms with E-state index < -0.39 is 0 Å². The molecule has 0 saturated heterocycles. The molecule has 0 fully saturated rings. The molecule has 0 heterocycles. The first-order valence-corrected chi connectivity index (χ1v) is 5.91. The number of hydrogen-bond acceptors (Lipinski definition) is 2. The lowest BCUT2D eigenvalue weighted by Gasteiger charge is -2.26. The first-order chi connectivity index (χ1) is 8.24. The molecule has 0 spiro atoms. The molecule has 0 saturated carbocycles. The molecule has 0 radical (unpaired) electrons. The van der Waals surface area contributed by atoms with E-state index in [4.69, 9.17) is 5.73 Å². The van der Waals surface area contributed by atoms with Crippen molar-refractivity contribution >= 4 is 17.1 Å². The van der Waals surface area contributed by atoms with Gasteiger partial charge in [0.25, 0.3) is 0 Å². The molecule has 0 aromatic heterocycles. The summed E-state index contributed by atoms with van der Waals surface area (Å²) in [6, 6.07) is 16.4. The number of aryl methyl sites for hydroxylation is 1. The quantitative estimate of drug-likeness (QED) is 0.808. The van der Waals surface area contributed by atoms with Crippen LogP contribution in [-0.2, 0) is 0 Å². The van der Waals surface area contributed by atoms with Crippen molar-refractivity contribution in [2.24, 2.45) is 0 Å². The molecule has 2 aromatic carbocycles. The Hall–Kier alpha value is -1.96. The Morgan fingerprint density at radius 1 is 1.00 bits per heavy atom. The maximum atomic E-state index is 6.09. The number of benzene rings is 2. The number of nitrogens with zero attached hydrogens (tertiary/aromatic N) is 1. The van der Waals surface area contributed by atoms with Crippen molar-refractivity contribution in [3.63, 3.8) is 0 Å². The predicted octanol–water partition coefficient (Wildman–Crippen LogP) is 3.74. The summed E-state index contributed by atoms with van der Waals surface area (Å²) in [5, 5.41) is 0. The predicted molar refractivity (Wildman–Crippen MR) is 74.7 cm³/mol. The number of nitrogen functional groups attached to an aromatic ring is 1. The van der Waals surface area contributed by atoms with Crippen molar-refractivity contribution in [1.82, 2.24) is 0 Å². The first kappa shape index (κ1) is 11.5. The monoisotopic (exact) mass is 226 g/mol. The fourth-order valence-corrected chi connectivity index (χ4v) is 2.13. The topological polar surface area (TPSA) is 29.3 Å². The van der Waals surface area contributed by atoms with Gasteiger partial charge >= 0.3 is 0 Å². The van der Waals surface area contributed by atoms with Gasteiger partial charge in [-0.15, -0.1) is 0 Å².